The summed E-state index contributed by atoms with van der Waals surface area (Å²) in [5.41, 5.74) is 8.86. The van der Waals surface area contributed by atoms with E-state index in [1.165, 1.54) is 0 Å². The number of hydrogen-bond donors (Lipinski definition) is 2. The Hall–Kier alpha value is -1.26. The van der Waals surface area contributed by atoms with Crippen LogP contribution in [-0.2, 0) is 4.74 Å². The Labute approximate surface area is 104 Å². The van der Waals surface area contributed by atoms with Gasteiger partial charge in [-0.1, -0.05) is 12.1 Å². The number of nitrogens with one attached hydrogen (secondary N) is 1. The van der Waals surface area contributed by atoms with Crippen LogP contribution in [0, 0.1) is 6.92 Å². The Bertz CT molecular complexity index is 339. The molecule has 0 aliphatic heterocycles. The summed E-state index contributed by atoms with van der Waals surface area (Å²) >= 11 is 0. The van der Waals surface area contributed by atoms with Crippen molar-refractivity contribution < 1.29 is 4.74 Å². The zero-order valence-electron chi connectivity index (χ0n) is 11.0. The zero-order valence-corrected chi connectivity index (χ0v) is 11.0. The number of hydrogen-bond acceptors (Lipinski definition) is 4. The first kappa shape index (κ1) is 13.8. The number of nitrogens with zero attached hydrogens (tertiary/aromatic N) is 1. The predicted octanol–water partition coefficient (Wildman–Crippen LogP) is 1.57. The number of aryl methyl sites for hydroxylation is 1. The molecule has 1 aromatic rings. The van der Waals surface area contributed by atoms with Gasteiger partial charge in [0.05, 0.1) is 24.6 Å². The van der Waals surface area contributed by atoms with E-state index in [-0.39, 0.29) is 0 Å². The number of anilines is 2. The zero-order chi connectivity index (χ0) is 12.7. The number of ether oxygens (including phenoxy) is 1. The number of likely N-dealkylation sites (N-methyl/N-ethyl adjacent to an activating group) is 1. The maximum atomic E-state index is 5.95. The van der Waals surface area contributed by atoms with Crippen LogP contribution >= 0.6 is 0 Å². The van der Waals surface area contributed by atoms with Gasteiger partial charge in [-0.3, -0.25) is 0 Å². The van der Waals surface area contributed by atoms with Gasteiger partial charge in [-0.25, -0.2) is 0 Å². The van der Waals surface area contributed by atoms with Crippen molar-refractivity contribution in [2.24, 2.45) is 0 Å². The Morgan fingerprint density at radius 3 is 2.76 bits per heavy atom. The van der Waals surface area contributed by atoms with Crippen LogP contribution < -0.4 is 11.1 Å². The van der Waals surface area contributed by atoms with E-state index in [1.54, 1.807) is 0 Å². The Morgan fingerprint density at radius 1 is 1.29 bits per heavy atom. The molecule has 0 amide bonds. The molecule has 1 rings (SSSR count). The minimum absolute atomic E-state index is 0.696. The third-order valence-electron chi connectivity index (χ3n) is 2.57. The monoisotopic (exact) mass is 237 g/mol. The quantitative estimate of drug-likeness (QED) is 0.558. The number of nitrogen functional groups attached to an aromatic ring is 1. The van der Waals surface area contributed by atoms with Crippen LogP contribution in [0.4, 0.5) is 11.4 Å². The van der Waals surface area contributed by atoms with Crippen LogP contribution in [0.3, 0.4) is 0 Å². The number of benzene rings is 1. The average Bonchev–Trinajstić information content (AvgIpc) is 2.28. The van der Waals surface area contributed by atoms with Gasteiger partial charge in [-0.15, -0.1) is 0 Å². The molecule has 0 radical (unpaired) electrons. The van der Waals surface area contributed by atoms with Gasteiger partial charge in [0, 0.05) is 13.1 Å². The fourth-order valence-electron chi connectivity index (χ4n) is 1.44. The summed E-state index contributed by atoms with van der Waals surface area (Å²) in [4.78, 5) is 2.10. The first-order valence-electron chi connectivity index (χ1n) is 5.92. The minimum Gasteiger partial charge on any atom is -0.397 e. The second-order valence-electron chi connectivity index (χ2n) is 4.38. The van der Waals surface area contributed by atoms with E-state index in [9.17, 15) is 0 Å². The average molecular weight is 237 g/mol. The molecule has 0 aromatic heterocycles. The van der Waals surface area contributed by atoms with Crippen LogP contribution in [-0.4, -0.2) is 45.3 Å². The minimum atomic E-state index is 0.696. The molecular formula is C13H23N3O. The van der Waals surface area contributed by atoms with Crippen molar-refractivity contribution in [3.8, 4) is 0 Å². The molecule has 0 aliphatic carbocycles. The second-order valence-corrected chi connectivity index (χ2v) is 4.38. The van der Waals surface area contributed by atoms with Crippen LogP contribution in [0.1, 0.15) is 5.56 Å². The van der Waals surface area contributed by atoms with Crippen molar-refractivity contribution >= 4 is 11.4 Å². The topological polar surface area (TPSA) is 50.5 Å². The smallest absolute Gasteiger partial charge is 0.0639 e. The van der Waals surface area contributed by atoms with E-state index >= 15 is 0 Å². The van der Waals surface area contributed by atoms with Crippen molar-refractivity contribution in [2.45, 2.75) is 6.92 Å². The standard InChI is InChI=1S/C13H23N3O/c1-11-5-4-6-12(13(11)14)15-7-9-17-10-8-16(2)3/h4-6,15H,7-10,14H2,1-3H3. The van der Waals surface area contributed by atoms with E-state index in [4.69, 9.17) is 10.5 Å². The molecule has 3 N–H and O–H groups in total. The largest absolute Gasteiger partial charge is 0.397 e. The molecule has 1 aromatic carbocycles. The van der Waals surface area contributed by atoms with Gasteiger partial charge in [0.15, 0.2) is 0 Å². The van der Waals surface area contributed by atoms with Gasteiger partial charge in [0.25, 0.3) is 0 Å². The van der Waals surface area contributed by atoms with E-state index < -0.39 is 0 Å². The normalized spacial score (nSPS) is 10.8. The fraction of sp³-hybridized carbons (Fsp3) is 0.538. The molecule has 0 aliphatic rings. The lowest BCUT2D eigenvalue weighted by Crippen LogP contribution is -2.20. The highest BCUT2D eigenvalue weighted by atomic mass is 16.5. The van der Waals surface area contributed by atoms with Crippen molar-refractivity contribution in [3.63, 3.8) is 0 Å². The summed E-state index contributed by atoms with van der Waals surface area (Å²) in [5.74, 6) is 0. The van der Waals surface area contributed by atoms with Crippen molar-refractivity contribution in [3.05, 3.63) is 23.8 Å². The van der Waals surface area contributed by atoms with Gasteiger partial charge in [-0.2, -0.15) is 0 Å². The van der Waals surface area contributed by atoms with Gasteiger partial charge < -0.3 is 20.7 Å². The summed E-state index contributed by atoms with van der Waals surface area (Å²) in [5, 5.41) is 3.28. The van der Waals surface area contributed by atoms with Crippen LogP contribution in [0.2, 0.25) is 0 Å². The molecule has 0 saturated carbocycles. The van der Waals surface area contributed by atoms with Crippen LogP contribution in [0.5, 0.6) is 0 Å². The Balaban J connectivity index is 2.20. The third-order valence-corrected chi connectivity index (χ3v) is 2.57. The number of nitrogens with two attached hydrogens (primary N) is 1. The summed E-state index contributed by atoms with van der Waals surface area (Å²) in [6.45, 7) is 5.20. The van der Waals surface area contributed by atoms with Gasteiger partial charge in [0.2, 0.25) is 0 Å². The molecular weight excluding hydrogens is 214 g/mol. The Kier molecular flexibility index (Phi) is 5.80. The first-order valence-corrected chi connectivity index (χ1v) is 5.92. The van der Waals surface area contributed by atoms with Crippen molar-refractivity contribution in [1.29, 1.82) is 0 Å². The second kappa shape index (κ2) is 7.14. The summed E-state index contributed by atoms with van der Waals surface area (Å²) < 4.78 is 5.49. The predicted molar refractivity (Wildman–Crippen MR) is 73.5 cm³/mol. The molecule has 0 atom stereocenters. The SMILES string of the molecule is Cc1cccc(NCCOCCN(C)C)c1N. The summed E-state index contributed by atoms with van der Waals surface area (Å²) in [6.07, 6.45) is 0. The first-order chi connectivity index (χ1) is 8.11. The van der Waals surface area contributed by atoms with Gasteiger partial charge in [0.1, 0.15) is 0 Å². The van der Waals surface area contributed by atoms with E-state index in [1.807, 2.05) is 39.2 Å². The Morgan fingerprint density at radius 2 is 2.06 bits per heavy atom. The lowest BCUT2D eigenvalue weighted by Gasteiger charge is -2.12. The highest BCUT2D eigenvalue weighted by molar-refractivity contribution is 5.69. The molecule has 96 valence electrons. The molecule has 0 spiro atoms. The van der Waals surface area contributed by atoms with Crippen LogP contribution in [0.15, 0.2) is 18.2 Å². The molecule has 0 heterocycles. The number of rotatable bonds is 7. The molecule has 4 heteroatoms. The van der Waals surface area contributed by atoms with E-state index in [0.29, 0.717) is 6.61 Å². The molecule has 0 saturated heterocycles. The highest BCUT2D eigenvalue weighted by Crippen LogP contribution is 2.21. The van der Waals surface area contributed by atoms with E-state index in [2.05, 4.69) is 10.2 Å². The molecule has 4 nitrogen and oxygen atoms in total. The van der Waals surface area contributed by atoms with Gasteiger partial charge in [-0.05, 0) is 32.6 Å². The maximum absolute atomic E-state index is 5.95. The van der Waals surface area contributed by atoms with Crippen LogP contribution in [0.25, 0.3) is 0 Å². The third kappa shape index (κ3) is 5.06. The van der Waals surface area contributed by atoms with Crippen molar-refractivity contribution in [2.75, 3.05) is 51.4 Å². The number of para-hydroxylation sites is 1. The molecule has 0 bridgehead atoms. The summed E-state index contributed by atoms with van der Waals surface area (Å²) in [6, 6.07) is 6.00. The van der Waals surface area contributed by atoms with Crippen molar-refractivity contribution in [1.82, 2.24) is 4.90 Å². The lowest BCUT2D eigenvalue weighted by molar-refractivity contribution is 0.126. The van der Waals surface area contributed by atoms with Gasteiger partial charge >= 0.3 is 0 Å². The summed E-state index contributed by atoms with van der Waals surface area (Å²) in [7, 11) is 4.07. The maximum Gasteiger partial charge on any atom is 0.0639 e. The van der Waals surface area contributed by atoms with E-state index in [0.717, 1.165) is 36.6 Å². The lowest BCUT2D eigenvalue weighted by atomic mass is 10.2. The fourth-order valence-corrected chi connectivity index (χ4v) is 1.44. The highest BCUT2D eigenvalue weighted by Gasteiger charge is 2.00. The molecule has 0 fully saturated rings. The molecule has 0 unspecified atom stereocenters. The molecule has 17 heavy (non-hydrogen) atoms.